The Hall–Kier alpha value is -3.40. The van der Waals surface area contributed by atoms with Crippen LogP contribution in [0.25, 0.3) is 11.3 Å². The van der Waals surface area contributed by atoms with Gasteiger partial charge in [-0.3, -0.25) is 9.98 Å². The summed E-state index contributed by atoms with van der Waals surface area (Å²) < 4.78 is 5.84. The highest BCUT2D eigenvalue weighted by Gasteiger charge is 2.21. The maximum Gasteiger partial charge on any atom is 0.134 e. The smallest absolute Gasteiger partial charge is 0.134 e. The molecule has 0 fully saturated rings. The monoisotopic (exact) mass is 415 g/mol. The van der Waals surface area contributed by atoms with Gasteiger partial charge in [0.1, 0.15) is 17.4 Å². The van der Waals surface area contributed by atoms with E-state index in [1.54, 1.807) is 14.1 Å². The van der Waals surface area contributed by atoms with Crippen LogP contribution < -0.4 is 5.73 Å². The highest BCUT2D eigenvalue weighted by molar-refractivity contribution is 5.99. The van der Waals surface area contributed by atoms with Crippen LogP contribution in [0.4, 0.5) is 0 Å². The Morgan fingerprint density at radius 3 is 2.39 bits per heavy atom. The molecule has 0 aliphatic heterocycles. The van der Waals surface area contributed by atoms with Crippen LogP contribution in [0.15, 0.2) is 86.7 Å². The molecule has 1 unspecified atom stereocenters. The second kappa shape index (κ2) is 11.7. The summed E-state index contributed by atoms with van der Waals surface area (Å²) in [6, 6.07) is 20.6. The van der Waals surface area contributed by atoms with Crippen molar-refractivity contribution in [2.75, 3.05) is 14.1 Å². The highest BCUT2D eigenvalue weighted by atomic mass is 16.3. The van der Waals surface area contributed by atoms with Gasteiger partial charge >= 0.3 is 0 Å². The lowest BCUT2D eigenvalue weighted by Gasteiger charge is -2.22. The number of nitrogens with two attached hydrogens (primary N) is 1. The van der Waals surface area contributed by atoms with E-state index in [2.05, 4.69) is 47.2 Å². The van der Waals surface area contributed by atoms with Gasteiger partial charge < -0.3 is 10.2 Å². The molecule has 31 heavy (non-hydrogen) atoms. The third-order valence-corrected chi connectivity index (χ3v) is 4.98. The predicted octanol–water partition coefficient (Wildman–Crippen LogP) is 6.40. The number of aryl methyl sites for hydroxylation is 1. The number of amidine groups is 1. The fourth-order valence-corrected chi connectivity index (χ4v) is 3.54. The number of furan rings is 1. The molecular weight excluding hydrogens is 382 g/mol. The van der Waals surface area contributed by atoms with Gasteiger partial charge in [0, 0.05) is 37.4 Å². The molecule has 0 aliphatic rings. The Morgan fingerprint density at radius 1 is 1.00 bits per heavy atom. The Bertz CT molecular complexity index is 1070. The molecule has 0 saturated heterocycles. The largest absolute Gasteiger partial charge is 0.461 e. The lowest BCUT2D eigenvalue weighted by Crippen LogP contribution is -2.18. The maximum absolute atomic E-state index is 6.22. The summed E-state index contributed by atoms with van der Waals surface area (Å²) in [5, 5.41) is 0. The van der Waals surface area contributed by atoms with Crippen LogP contribution in [-0.2, 0) is 0 Å². The van der Waals surface area contributed by atoms with E-state index in [1.807, 2.05) is 63.4 Å². The predicted molar refractivity (Wildman–Crippen MR) is 133 cm³/mol. The summed E-state index contributed by atoms with van der Waals surface area (Å²) >= 11 is 0. The molecule has 4 nitrogen and oxygen atoms in total. The molecule has 0 spiro atoms. The zero-order valence-electron chi connectivity index (χ0n) is 19.4. The number of allylic oxidation sites excluding steroid dienone is 2. The van der Waals surface area contributed by atoms with E-state index < -0.39 is 0 Å². The number of nitrogens with zero attached hydrogens (tertiary/aromatic N) is 2. The Kier molecular flexibility index (Phi) is 9.01. The molecule has 0 aliphatic carbocycles. The standard InChI is InChI=1S/C25H27N3O.C2H6/c1-17(14-15-27-3)24(21-10-5-6-11-22(21)25(26)28-4)20-9-7-8-19(16-20)23-13-12-18(2)29-23;1-2/h5-16,24H,1-4H3,(H2,26,28);1-2H3/b17-14+,27-15?;. The summed E-state index contributed by atoms with van der Waals surface area (Å²) in [4.78, 5) is 8.34. The van der Waals surface area contributed by atoms with E-state index in [1.165, 1.54) is 5.57 Å². The van der Waals surface area contributed by atoms with Crippen LogP contribution in [0.3, 0.4) is 0 Å². The van der Waals surface area contributed by atoms with E-state index in [9.17, 15) is 0 Å². The summed E-state index contributed by atoms with van der Waals surface area (Å²) in [5.41, 5.74) is 11.7. The second-order valence-electron chi connectivity index (χ2n) is 6.98. The molecule has 0 saturated carbocycles. The summed E-state index contributed by atoms with van der Waals surface area (Å²) in [6.45, 7) is 8.07. The average molecular weight is 416 g/mol. The molecule has 1 atom stereocenters. The van der Waals surface area contributed by atoms with Crippen LogP contribution in [-0.4, -0.2) is 26.1 Å². The van der Waals surface area contributed by atoms with Crippen LogP contribution in [0.5, 0.6) is 0 Å². The van der Waals surface area contributed by atoms with Gasteiger partial charge in [-0.25, -0.2) is 0 Å². The van der Waals surface area contributed by atoms with Crippen molar-refractivity contribution in [3.63, 3.8) is 0 Å². The summed E-state index contributed by atoms with van der Waals surface area (Å²) in [7, 11) is 3.49. The van der Waals surface area contributed by atoms with E-state index in [0.29, 0.717) is 5.84 Å². The van der Waals surface area contributed by atoms with E-state index in [0.717, 1.165) is 33.8 Å². The number of benzene rings is 2. The van der Waals surface area contributed by atoms with Gasteiger partial charge in [0.05, 0.1) is 0 Å². The zero-order chi connectivity index (χ0) is 22.8. The quantitative estimate of drug-likeness (QED) is 0.374. The topological polar surface area (TPSA) is 63.9 Å². The van der Waals surface area contributed by atoms with E-state index in [4.69, 9.17) is 10.2 Å². The molecule has 3 rings (SSSR count). The third-order valence-electron chi connectivity index (χ3n) is 4.98. The first kappa shape index (κ1) is 23.9. The normalized spacial score (nSPS) is 13.1. The zero-order valence-corrected chi connectivity index (χ0v) is 19.4. The van der Waals surface area contributed by atoms with Crippen molar-refractivity contribution in [2.24, 2.45) is 15.7 Å². The molecular formula is C27H33N3O. The van der Waals surface area contributed by atoms with Crippen molar-refractivity contribution in [1.29, 1.82) is 0 Å². The molecule has 0 radical (unpaired) electrons. The molecule has 1 heterocycles. The number of hydrogen-bond acceptors (Lipinski definition) is 3. The number of rotatable bonds is 6. The number of aliphatic imine (C=N–C) groups is 2. The van der Waals surface area contributed by atoms with Gasteiger partial charge in [-0.15, -0.1) is 0 Å². The van der Waals surface area contributed by atoms with E-state index >= 15 is 0 Å². The lowest BCUT2D eigenvalue weighted by molar-refractivity contribution is 0.548. The third kappa shape index (κ3) is 5.82. The fourth-order valence-electron chi connectivity index (χ4n) is 3.54. The first-order chi connectivity index (χ1) is 15.0. The lowest BCUT2D eigenvalue weighted by atomic mass is 9.82. The minimum absolute atomic E-state index is 0.0144. The van der Waals surface area contributed by atoms with Crippen molar-refractivity contribution in [2.45, 2.75) is 33.6 Å². The van der Waals surface area contributed by atoms with Gasteiger partial charge in [-0.2, -0.15) is 0 Å². The van der Waals surface area contributed by atoms with Crippen molar-refractivity contribution < 1.29 is 4.42 Å². The minimum atomic E-state index is 0.0144. The van der Waals surface area contributed by atoms with Crippen molar-refractivity contribution in [1.82, 2.24) is 0 Å². The van der Waals surface area contributed by atoms with Gasteiger partial charge in [-0.1, -0.05) is 61.9 Å². The van der Waals surface area contributed by atoms with Gasteiger partial charge in [0.25, 0.3) is 0 Å². The Morgan fingerprint density at radius 2 is 1.74 bits per heavy atom. The molecule has 0 bridgehead atoms. The summed E-state index contributed by atoms with van der Waals surface area (Å²) in [5.74, 6) is 2.30. The van der Waals surface area contributed by atoms with Crippen LogP contribution in [0.2, 0.25) is 0 Å². The second-order valence-corrected chi connectivity index (χ2v) is 6.98. The molecule has 4 heteroatoms. The molecule has 1 aromatic heterocycles. The first-order valence-electron chi connectivity index (χ1n) is 10.6. The molecule has 0 amide bonds. The Labute approximate surface area is 186 Å². The van der Waals surface area contributed by atoms with Crippen molar-refractivity contribution >= 4 is 12.1 Å². The molecule has 3 aromatic rings. The summed E-state index contributed by atoms with van der Waals surface area (Å²) in [6.07, 6.45) is 3.87. The molecule has 162 valence electrons. The fraction of sp³-hybridized carbons (Fsp3) is 0.259. The van der Waals surface area contributed by atoms with Crippen LogP contribution in [0.1, 0.15) is 49.1 Å². The van der Waals surface area contributed by atoms with Crippen LogP contribution >= 0.6 is 0 Å². The average Bonchev–Trinajstić information content (AvgIpc) is 3.25. The van der Waals surface area contributed by atoms with Gasteiger partial charge in [0.2, 0.25) is 0 Å². The van der Waals surface area contributed by atoms with Gasteiger partial charge in [-0.05, 0) is 49.2 Å². The maximum atomic E-state index is 6.22. The molecule has 2 N–H and O–H groups in total. The van der Waals surface area contributed by atoms with E-state index in [-0.39, 0.29) is 5.92 Å². The minimum Gasteiger partial charge on any atom is -0.461 e. The van der Waals surface area contributed by atoms with Crippen LogP contribution in [0, 0.1) is 6.92 Å². The molecule has 2 aromatic carbocycles. The number of hydrogen-bond donors (Lipinski definition) is 1. The van der Waals surface area contributed by atoms with Crippen molar-refractivity contribution in [3.8, 4) is 11.3 Å². The van der Waals surface area contributed by atoms with Gasteiger partial charge in [0.15, 0.2) is 0 Å². The van der Waals surface area contributed by atoms with Crippen molar-refractivity contribution in [3.05, 3.63) is 94.8 Å². The SMILES string of the molecule is CC.CN=C/C=C(\C)C(c1cccc(-c2ccc(C)o2)c1)c1ccccc1C(N)=NC. The highest BCUT2D eigenvalue weighted by Crippen LogP contribution is 2.35. The Balaban J connectivity index is 0.00000166. The first-order valence-corrected chi connectivity index (χ1v) is 10.6.